The molecule has 1 aromatic carbocycles. The van der Waals surface area contributed by atoms with Gasteiger partial charge in [-0.1, -0.05) is 18.2 Å². The Morgan fingerprint density at radius 2 is 2.13 bits per heavy atom. The van der Waals surface area contributed by atoms with Gasteiger partial charge in [-0.05, 0) is 19.0 Å². The van der Waals surface area contributed by atoms with Crippen LogP contribution in [0.2, 0.25) is 0 Å². The monoisotopic (exact) mass is 203 g/mol. The summed E-state index contributed by atoms with van der Waals surface area (Å²) in [7, 11) is 0. The number of ether oxygens (including phenoxy) is 1. The summed E-state index contributed by atoms with van der Waals surface area (Å²) in [5.74, 6) is 0.585. The van der Waals surface area contributed by atoms with Gasteiger partial charge in [0.15, 0.2) is 0 Å². The molecule has 0 spiro atoms. The highest BCUT2D eigenvalue weighted by molar-refractivity contribution is 5.85. The molecule has 0 aliphatic rings. The van der Waals surface area contributed by atoms with Crippen molar-refractivity contribution in [1.29, 1.82) is 0 Å². The zero-order chi connectivity index (χ0) is 10.5. The third-order valence-corrected chi connectivity index (χ3v) is 2.12. The van der Waals surface area contributed by atoms with Crippen LogP contribution in [0.4, 0.5) is 0 Å². The van der Waals surface area contributed by atoms with E-state index < -0.39 is 0 Å². The second-order valence-electron chi connectivity index (χ2n) is 3.23. The minimum Gasteiger partial charge on any atom is -0.476 e. The van der Waals surface area contributed by atoms with E-state index >= 15 is 0 Å². The smallest absolute Gasteiger partial charge is 0.241 e. The minimum atomic E-state index is 0.583. The van der Waals surface area contributed by atoms with Gasteiger partial charge in [0.25, 0.3) is 0 Å². The number of nitrogens with two attached hydrogens (primary N) is 1. The lowest BCUT2D eigenvalue weighted by atomic mass is 10.2. The fourth-order valence-electron chi connectivity index (χ4n) is 1.36. The first-order chi connectivity index (χ1) is 7.42. The molecule has 4 nitrogen and oxygen atoms in total. The van der Waals surface area contributed by atoms with Crippen molar-refractivity contribution in [2.75, 3.05) is 13.2 Å². The van der Waals surface area contributed by atoms with Crippen LogP contribution in [-0.2, 0) is 0 Å². The fourth-order valence-corrected chi connectivity index (χ4v) is 1.36. The maximum absolute atomic E-state index is 5.51. The zero-order valence-electron chi connectivity index (χ0n) is 8.39. The third-order valence-electron chi connectivity index (χ3n) is 2.12. The standard InChI is InChI=1S/C11H13N3O/c12-6-3-7-15-11-10-5-2-1-4-9(10)8-13-14-11/h1-2,4-5,8H,3,6-7,12H2. The molecule has 0 fully saturated rings. The lowest BCUT2D eigenvalue weighted by Gasteiger charge is -2.05. The van der Waals surface area contributed by atoms with Gasteiger partial charge in [0, 0.05) is 10.8 Å². The summed E-state index contributed by atoms with van der Waals surface area (Å²) in [4.78, 5) is 0. The van der Waals surface area contributed by atoms with Crippen molar-refractivity contribution < 1.29 is 4.74 Å². The highest BCUT2D eigenvalue weighted by Gasteiger charge is 2.02. The molecule has 2 N–H and O–H groups in total. The molecule has 78 valence electrons. The topological polar surface area (TPSA) is 61.0 Å². The van der Waals surface area contributed by atoms with Gasteiger partial charge in [0.1, 0.15) is 0 Å². The Hall–Kier alpha value is -1.68. The number of benzene rings is 1. The first-order valence-electron chi connectivity index (χ1n) is 4.95. The number of hydrogen-bond acceptors (Lipinski definition) is 4. The van der Waals surface area contributed by atoms with Gasteiger partial charge in [-0.25, -0.2) is 0 Å². The van der Waals surface area contributed by atoms with Crippen LogP contribution < -0.4 is 10.5 Å². The van der Waals surface area contributed by atoms with Crippen LogP contribution >= 0.6 is 0 Å². The summed E-state index contributed by atoms with van der Waals surface area (Å²) in [6.07, 6.45) is 2.55. The number of nitrogens with zero attached hydrogens (tertiary/aromatic N) is 2. The number of aromatic nitrogens is 2. The van der Waals surface area contributed by atoms with Crippen molar-refractivity contribution in [3.63, 3.8) is 0 Å². The van der Waals surface area contributed by atoms with Crippen molar-refractivity contribution in [3.8, 4) is 5.88 Å². The number of rotatable bonds is 4. The van der Waals surface area contributed by atoms with Crippen molar-refractivity contribution in [2.45, 2.75) is 6.42 Å². The van der Waals surface area contributed by atoms with Crippen molar-refractivity contribution in [2.24, 2.45) is 5.73 Å². The molecule has 0 atom stereocenters. The molecule has 0 bridgehead atoms. The summed E-state index contributed by atoms with van der Waals surface area (Å²) < 4.78 is 5.51. The normalized spacial score (nSPS) is 10.5. The average Bonchev–Trinajstić information content (AvgIpc) is 2.30. The van der Waals surface area contributed by atoms with E-state index in [-0.39, 0.29) is 0 Å². The molecule has 1 heterocycles. The Bertz CT molecular complexity index is 439. The van der Waals surface area contributed by atoms with Crippen LogP contribution in [0.5, 0.6) is 5.88 Å². The molecule has 4 heteroatoms. The van der Waals surface area contributed by atoms with Crippen LogP contribution in [-0.4, -0.2) is 23.3 Å². The van der Waals surface area contributed by atoms with Crippen LogP contribution in [0.1, 0.15) is 6.42 Å². The minimum absolute atomic E-state index is 0.583. The molecule has 2 rings (SSSR count). The Balaban J connectivity index is 2.26. The van der Waals surface area contributed by atoms with E-state index in [9.17, 15) is 0 Å². The average molecular weight is 203 g/mol. The van der Waals surface area contributed by atoms with Gasteiger partial charge in [0.2, 0.25) is 5.88 Å². The Kier molecular flexibility index (Phi) is 3.09. The van der Waals surface area contributed by atoms with Gasteiger partial charge in [-0.2, -0.15) is 5.10 Å². The molecule has 0 unspecified atom stereocenters. The maximum Gasteiger partial charge on any atom is 0.241 e. The van der Waals surface area contributed by atoms with E-state index in [2.05, 4.69) is 10.2 Å². The Labute approximate surface area is 88.1 Å². The molecule has 0 saturated heterocycles. The maximum atomic E-state index is 5.51. The lowest BCUT2D eigenvalue weighted by Crippen LogP contribution is -2.07. The quantitative estimate of drug-likeness (QED) is 0.762. The lowest BCUT2D eigenvalue weighted by molar-refractivity contribution is 0.302. The van der Waals surface area contributed by atoms with Crippen LogP contribution in [0.3, 0.4) is 0 Å². The van der Waals surface area contributed by atoms with Crippen LogP contribution in [0, 0.1) is 0 Å². The van der Waals surface area contributed by atoms with Crippen molar-refractivity contribution in [1.82, 2.24) is 10.2 Å². The predicted octanol–water partition coefficient (Wildman–Crippen LogP) is 1.36. The summed E-state index contributed by atoms with van der Waals surface area (Å²) in [5, 5.41) is 9.88. The second kappa shape index (κ2) is 4.70. The van der Waals surface area contributed by atoms with Gasteiger partial charge < -0.3 is 10.5 Å². The molecule has 0 aliphatic heterocycles. The summed E-state index contributed by atoms with van der Waals surface area (Å²) in [6, 6.07) is 7.88. The molecule has 2 aromatic rings. The SMILES string of the molecule is NCCCOc1nncc2ccccc12. The first kappa shape index (κ1) is 9.86. The summed E-state index contributed by atoms with van der Waals surface area (Å²) >= 11 is 0. The van der Waals surface area contributed by atoms with E-state index in [1.807, 2.05) is 24.3 Å². The number of hydrogen-bond donors (Lipinski definition) is 1. The third kappa shape index (κ3) is 2.22. The van der Waals surface area contributed by atoms with Crippen molar-refractivity contribution in [3.05, 3.63) is 30.5 Å². The highest BCUT2D eigenvalue weighted by atomic mass is 16.5. The largest absolute Gasteiger partial charge is 0.476 e. The van der Waals surface area contributed by atoms with Gasteiger partial charge in [-0.15, -0.1) is 5.10 Å². The van der Waals surface area contributed by atoms with Gasteiger partial charge >= 0.3 is 0 Å². The second-order valence-corrected chi connectivity index (χ2v) is 3.23. The number of fused-ring (bicyclic) bond motifs is 1. The molecular formula is C11H13N3O. The Morgan fingerprint density at radius 1 is 1.27 bits per heavy atom. The van der Waals surface area contributed by atoms with Crippen LogP contribution in [0.15, 0.2) is 30.5 Å². The summed E-state index contributed by atoms with van der Waals surface area (Å²) in [5.41, 5.74) is 5.39. The van der Waals surface area contributed by atoms with E-state index in [4.69, 9.17) is 10.5 Å². The van der Waals surface area contributed by atoms with Gasteiger partial charge in [-0.3, -0.25) is 0 Å². The molecular weight excluding hydrogens is 190 g/mol. The van der Waals surface area contributed by atoms with E-state index in [0.29, 0.717) is 19.0 Å². The fraction of sp³-hybridized carbons (Fsp3) is 0.273. The Morgan fingerprint density at radius 3 is 3.00 bits per heavy atom. The molecule has 15 heavy (non-hydrogen) atoms. The van der Waals surface area contributed by atoms with Crippen LogP contribution in [0.25, 0.3) is 10.8 Å². The molecule has 1 aromatic heterocycles. The molecule has 0 radical (unpaired) electrons. The first-order valence-corrected chi connectivity index (χ1v) is 4.95. The highest BCUT2D eigenvalue weighted by Crippen LogP contribution is 2.21. The van der Waals surface area contributed by atoms with Crippen molar-refractivity contribution >= 4 is 10.8 Å². The molecule has 0 aliphatic carbocycles. The van der Waals surface area contributed by atoms with E-state index in [1.165, 1.54) is 0 Å². The summed E-state index contributed by atoms with van der Waals surface area (Å²) in [6.45, 7) is 1.21. The molecule has 0 amide bonds. The van der Waals surface area contributed by atoms with E-state index in [0.717, 1.165) is 17.2 Å². The zero-order valence-corrected chi connectivity index (χ0v) is 8.39. The molecule has 0 saturated carbocycles. The van der Waals surface area contributed by atoms with E-state index in [1.54, 1.807) is 6.20 Å². The predicted molar refractivity (Wildman–Crippen MR) is 58.7 cm³/mol. The van der Waals surface area contributed by atoms with Gasteiger partial charge in [0.05, 0.1) is 12.8 Å².